The summed E-state index contributed by atoms with van der Waals surface area (Å²) in [6.45, 7) is -0.156. The van der Waals surface area contributed by atoms with Crippen molar-refractivity contribution in [3.63, 3.8) is 0 Å². The van der Waals surface area contributed by atoms with E-state index in [1.54, 1.807) is 0 Å². The molecule has 0 saturated heterocycles. The summed E-state index contributed by atoms with van der Waals surface area (Å²) < 4.78 is 0. The second-order valence-corrected chi connectivity index (χ2v) is 1.64. The van der Waals surface area contributed by atoms with Crippen LogP contribution in [0, 0.1) is 12.3 Å². The summed E-state index contributed by atoms with van der Waals surface area (Å²) in [5.74, 6) is 1.74. The van der Waals surface area contributed by atoms with Gasteiger partial charge >= 0.3 is 6.09 Å². The highest BCUT2D eigenvalue weighted by Crippen LogP contribution is 1.64. The Morgan fingerprint density at radius 2 is 2.09 bits per heavy atom. The van der Waals surface area contributed by atoms with Gasteiger partial charge in [-0.3, -0.25) is 4.79 Å². The number of rotatable bonds is 3. The zero-order valence-electron chi connectivity index (χ0n) is 5.76. The number of amides is 2. The van der Waals surface area contributed by atoms with Crippen molar-refractivity contribution in [2.45, 2.75) is 0 Å². The first-order valence-corrected chi connectivity index (χ1v) is 2.83. The summed E-state index contributed by atoms with van der Waals surface area (Å²) in [5, 5.41) is 12.2. The van der Waals surface area contributed by atoms with Gasteiger partial charge in [0.15, 0.2) is 0 Å². The molecule has 0 atom stereocenters. The Morgan fingerprint density at radius 1 is 1.45 bits per heavy atom. The van der Waals surface area contributed by atoms with Crippen molar-refractivity contribution < 1.29 is 14.7 Å². The molecule has 0 aromatic carbocycles. The molecule has 0 rings (SSSR count). The Kier molecular flexibility index (Phi) is 4.32. The van der Waals surface area contributed by atoms with Gasteiger partial charge in [-0.1, -0.05) is 5.92 Å². The minimum atomic E-state index is -1.24. The van der Waals surface area contributed by atoms with Gasteiger partial charge in [-0.15, -0.1) is 6.42 Å². The number of terminal acetylenes is 1. The van der Waals surface area contributed by atoms with Crippen molar-refractivity contribution in [2.24, 2.45) is 0 Å². The average molecular weight is 156 g/mol. The fourth-order valence-electron chi connectivity index (χ4n) is 0.368. The van der Waals surface area contributed by atoms with Crippen LogP contribution >= 0.6 is 0 Å². The second-order valence-electron chi connectivity index (χ2n) is 1.64. The van der Waals surface area contributed by atoms with Crippen LogP contribution < -0.4 is 10.6 Å². The Labute approximate surface area is 63.8 Å². The molecule has 5 heteroatoms. The van der Waals surface area contributed by atoms with Gasteiger partial charge in [0.05, 0.1) is 6.54 Å². The average Bonchev–Trinajstić information content (AvgIpc) is 1.97. The van der Waals surface area contributed by atoms with Crippen molar-refractivity contribution in [1.82, 2.24) is 10.6 Å². The zero-order chi connectivity index (χ0) is 8.69. The Morgan fingerprint density at radius 3 is 2.55 bits per heavy atom. The van der Waals surface area contributed by atoms with E-state index < -0.39 is 12.0 Å². The minimum absolute atomic E-state index is 0.111. The van der Waals surface area contributed by atoms with Crippen LogP contribution in [0.25, 0.3) is 0 Å². The number of nitrogens with one attached hydrogen (secondary N) is 2. The third-order valence-corrected chi connectivity index (χ3v) is 0.788. The molecule has 11 heavy (non-hydrogen) atoms. The van der Waals surface area contributed by atoms with Crippen LogP contribution in [0.2, 0.25) is 0 Å². The summed E-state index contributed by atoms with van der Waals surface area (Å²) in [6, 6.07) is 0. The minimum Gasteiger partial charge on any atom is -0.465 e. The standard InChI is InChI=1S/C6H8N2O3/c1-2-3-7-5(9)4-8-6(10)11/h1,8H,3-4H2,(H,7,9)(H,10,11). The van der Waals surface area contributed by atoms with E-state index in [0.29, 0.717) is 0 Å². The van der Waals surface area contributed by atoms with Crippen molar-refractivity contribution in [2.75, 3.05) is 13.1 Å². The molecule has 0 heterocycles. The van der Waals surface area contributed by atoms with Crippen LogP contribution in [0.1, 0.15) is 0 Å². The molecule has 0 bridgehead atoms. The molecule has 0 aromatic heterocycles. The molecule has 60 valence electrons. The number of hydrogen-bond donors (Lipinski definition) is 3. The van der Waals surface area contributed by atoms with Gasteiger partial charge in [0.2, 0.25) is 5.91 Å². The van der Waals surface area contributed by atoms with E-state index in [9.17, 15) is 9.59 Å². The van der Waals surface area contributed by atoms with Crippen molar-refractivity contribution in [3.05, 3.63) is 0 Å². The molecule has 2 amide bonds. The number of carboxylic acid groups (broad SMARTS) is 1. The molecular formula is C6H8N2O3. The van der Waals surface area contributed by atoms with Crippen LogP contribution in [0.3, 0.4) is 0 Å². The molecule has 3 N–H and O–H groups in total. The van der Waals surface area contributed by atoms with E-state index in [4.69, 9.17) is 11.5 Å². The van der Waals surface area contributed by atoms with Crippen LogP contribution in [-0.4, -0.2) is 30.2 Å². The van der Waals surface area contributed by atoms with Crippen LogP contribution in [-0.2, 0) is 4.79 Å². The number of carbonyl (C=O) groups is 2. The molecule has 0 aromatic rings. The van der Waals surface area contributed by atoms with Gasteiger partial charge in [-0.05, 0) is 0 Å². The molecule has 0 fully saturated rings. The van der Waals surface area contributed by atoms with E-state index in [1.807, 2.05) is 5.32 Å². The third kappa shape index (κ3) is 6.18. The summed E-state index contributed by atoms with van der Waals surface area (Å²) in [6.07, 6.45) is 3.60. The van der Waals surface area contributed by atoms with Crippen molar-refractivity contribution in [1.29, 1.82) is 0 Å². The Bertz CT molecular complexity index is 194. The smallest absolute Gasteiger partial charge is 0.405 e. The molecular weight excluding hydrogens is 148 g/mol. The van der Waals surface area contributed by atoms with Gasteiger partial charge in [0.25, 0.3) is 0 Å². The summed E-state index contributed by atoms with van der Waals surface area (Å²) in [7, 11) is 0. The highest BCUT2D eigenvalue weighted by Gasteiger charge is 2.00. The fourth-order valence-corrected chi connectivity index (χ4v) is 0.368. The predicted octanol–water partition coefficient (Wildman–Crippen LogP) is -0.997. The molecule has 0 radical (unpaired) electrons. The van der Waals surface area contributed by atoms with E-state index in [2.05, 4.69) is 11.2 Å². The first kappa shape index (κ1) is 9.30. The highest BCUT2D eigenvalue weighted by molar-refractivity contribution is 5.81. The van der Waals surface area contributed by atoms with E-state index in [1.165, 1.54) is 0 Å². The number of carbonyl (C=O) groups excluding carboxylic acids is 1. The largest absolute Gasteiger partial charge is 0.465 e. The zero-order valence-corrected chi connectivity index (χ0v) is 5.76. The topological polar surface area (TPSA) is 78.4 Å². The van der Waals surface area contributed by atoms with E-state index in [-0.39, 0.29) is 13.1 Å². The Balaban J connectivity index is 3.39. The lowest BCUT2D eigenvalue weighted by Crippen LogP contribution is -2.36. The van der Waals surface area contributed by atoms with Gasteiger partial charge in [0.1, 0.15) is 6.54 Å². The maximum absolute atomic E-state index is 10.6. The summed E-state index contributed by atoms with van der Waals surface area (Å²) in [4.78, 5) is 20.4. The SMILES string of the molecule is C#CCNC(=O)CNC(=O)O. The lowest BCUT2D eigenvalue weighted by Gasteiger charge is -1.99. The molecule has 0 unspecified atom stereocenters. The maximum Gasteiger partial charge on any atom is 0.405 e. The van der Waals surface area contributed by atoms with E-state index >= 15 is 0 Å². The monoisotopic (exact) mass is 156 g/mol. The molecule has 0 aliphatic heterocycles. The van der Waals surface area contributed by atoms with Gasteiger partial charge in [0, 0.05) is 0 Å². The highest BCUT2D eigenvalue weighted by atomic mass is 16.4. The van der Waals surface area contributed by atoms with Crippen LogP contribution in [0.15, 0.2) is 0 Å². The lowest BCUT2D eigenvalue weighted by molar-refractivity contribution is -0.119. The quantitative estimate of drug-likeness (QED) is 0.459. The van der Waals surface area contributed by atoms with Crippen LogP contribution in [0.4, 0.5) is 4.79 Å². The van der Waals surface area contributed by atoms with Crippen molar-refractivity contribution in [3.8, 4) is 12.3 Å². The second kappa shape index (κ2) is 5.11. The van der Waals surface area contributed by atoms with Crippen LogP contribution in [0.5, 0.6) is 0 Å². The number of hydrogen-bond acceptors (Lipinski definition) is 2. The fraction of sp³-hybridized carbons (Fsp3) is 0.333. The van der Waals surface area contributed by atoms with Crippen molar-refractivity contribution >= 4 is 12.0 Å². The van der Waals surface area contributed by atoms with Gasteiger partial charge in [-0.2, -0.15) is 0 Å². The molecule has 0 aliphatic rings. The normalized spacial score (nSPS) is 7.91. The first-order valence-electron chi connectivity index (χ1n) is 2.83. The maximum atomic E-state index is 10.6. The summed E-state index contributed by atoms with van der Waals surface area (Å²) in [5.41, 5.74) is 0. The summed E-state index contributed by atoms with van der Waals surface area (Å²) >= 11 is 0. The molecule has 0 aliphatic carbocycles. The third-order valence-electron chi connectivity index (χ3n) is 0.788. The molecule has 0 saturated carbocycles. The Hall–Kier alpha value is -1.70. The van der Waals surface area contributed by atoms with E-state index in [0.717, 1.165) is 0 Å². The predicted molar refractivity (Wildman–Crippen MR) is 37.9 cm³/mol. The van der Waals surface area contributed by atoms with Gasteiger partial charge < -0.3 is 15.7 Å². The molecule has 0 spiro atoms. The van der Waals surface area contributed by atoms with Gasteiger partial charge in [-0.25, -0.2) is 4.79 Å². The molecule has 5 nitrogen and oxygen atoms in total. The first-order chi connectivity index (χ1) is 5.16. The lowest BCUT2D eigenvalue weighted by atomic mass is 10.5.